The summed E-state index contributed by atoms with van der Waals surface area (Å²) in [7, 11) is 3.69. The second-order valence-electron chi connectivity index (χ2n) is 15.9. The lowest BCUT2D eigenvalue weighted by molar-refractivity contribution is 0.0690. The highest BCUT2D eigenvalue weighted by atomic mass is 127. The molecule has 0 unspecified atom stereocenters. The molecule has 21 nitrogen and oxygen atoms in total. The van der Waals surface area contributed by atoms with E-state index in [1.165, 1.54) is 36.5 Å². The molecule has 0 atom stereocenters. The van der Waals surface area contributed by atoms with Crippen LogP contribution in [-0.4, -0.2) is 86.1 Å². The molecule has 0 saturated heterocycles. The van der Waals surface area contributed by atoms with Gasteiger partial charge in [0.05, 0.1) is 29.3 Å². The molecule has 0 bridgehead atoms. The first-order valence-corrected chi connectivity index (χ1v) is 24.4. The van der Waals surface area contributed by atoms with E-state index in [0.29, 0.717) is 45.4 Å². The van der Waals surface area contributed by atoms with E-state index >= 15 is 0 Å². The number of fused-ring (bicyclic) bond motifs is 5. The first-order valence-electron chi connectivity index (χ1n) is 22.3. The number of aromatic carboxylic acids is 1. The van der Waals surface area contributed by atoms with E-state index in [1.807, 2.05) is 26.2 Å². The summed E-state index contributed by atoms with van der Waals surface area (Å²) in [6, 6.07) is 20.8. The van der Waals surface area contributed by atoms with Crippen molar-refractivity contribution in [3.05, 3.63) is 209 Å². The molecule has 0 fully saturated rings. The predicted octanol–water partition coefficient (Wildman–Crippen LogP) is 12.5. The zero-order chi connectivity index (χ0) is 55.3. The Morgan fingerprint density at radius 2 is 1.13 bits per heavy atom. The highest BCUT2D eigenvalue weighted by Gasteiger charge is 2.12. The standard InChI is InChI=1S/C16H11FN4.C15H10FN3O2.C8H5IN4.C7H3IN4.C7H4N4/c1-18-16-9-13-14(20-21(2)15(13)10-19-16)7-6-11-4-3-5-12(17)8-11;16-10-3-1-2-9(6-10)4-5-12-11-7-13(15(20)21)17-8-14(11)19-18-12;1-10-7-3-5-6(4-11-7)13(2)12-8(5)9;1-9-6-2-4-5(3-10-6)11-12-7(4)8;1-8-7-2-5-3-10-11-6(5)4-9-7/h3-10H,2H3;1-8H,(H,18,19)(H,20,21);3-4H,2H3;2-3H,(H,11,12);2-4H,(H,10,11)/b7-6+;5-4+;;;. The number of benzene rings is 2. The summed E-state index contributed by atoms with van der Waals surface area (Å²) in [4.78, 5) is 43.6. The van der Waals surface area contributed by atoms with Crippen molar-refractivity contribution < 1.29 is 18.7 Å². The number of hydrogen-bond donors (Lipinski definition) is 4. The minimum Gasteiger partial charge on any atom is -0.477 e. The number of aryl methyl sites for hydroxylation is 2. The highest BCUT2D eigenvalue weighted by molar-refractivity contribution is 14.1. The number of H-pyrrole nitrogens is 3. The normalized spacial score (nSPS) is 10.6. The third-order valence-electron chi connectivity index (χ3n) is 10.8. The molecule has 0 saturated carbocycles. The number of carboxylic acids is 1. The maximum atomic E-state index is 13.2. The first kappa shape index (κ1) is 54.0. The van der Waals surface area contributed by atoms with Crippen LogP contribution in [0.1, 0.15) is 33.0 Å². The summed E-state index contributed by atoms with van der Waals surface area (Å²) in [5, 5.41) is 42.2. The fourth-order valence-corrected chi connectivity index (χ4v) is 8.40. The van der Waals surface area contributed by atoms with Crippen LogP contribution in [0.5, 0.6) is 0 Å². The third-order valence-corrected chi connectivity index (χ3v) is 12.5. The lowest BCUT2D eigenvalue weighted by Gasteiger charge is -1.95. The topological polar surface area (TPSA) is 241 Å². The van der Waals surface area contributed by atoms with Gasteiger partial charge in [-0.15, -0.1) is 19.9 Å². The Bertz CT molecular complexity index is 4430. The molecule has 0 aliphatic carbocycles. The molecular formula is C53H33F2I2N19O2. The minimum atomic E-state index is -1.10. The van der Waals surface area contributed by atoms with Crippen molar-refractivity contribution in [2.45, 2.75) is 0 Å². The maximum absolute atomic E-state index is 13.2. The molecule has 0 spiro atoms. The smallest absolute Gasteiger partial charge is 0.354 e. The number of hydrogen-bond acceptors (Lipinski definition) is 11. The molecular weight excluding hydrogens is 1230 g/mol. The van der Waals surface area contributed by atoms with E-state index in [9.17, 15) is 13.6 Å². The fourth-order valence-electron chi connectivity index (χ4n) is 7.09. The van der Waals surface area contributed by atoms with Crippen molar-refractivity contribution in [3.63, 3.8) is 0 Å². The van der Waals surface area contributed by atoms with Crippen molar-refractivity contribution in [3.8, 4) is 0 Å². The molecule has 10 aromatic heterocycles. The van der Waals surface area contributed by atoms with E-state index in [4.69, 9.17) is 31.4 Å². The minimum absolute atomic E-state index is 0.0516. The van der Waals surface area contributed by atoms with Crippen LogP contribution < -0.4 is 0 Å². The highest BCUT2D eigenvalue weighted by Crippen LogP contribution is 2.26. The van der Waals surface area contributed by atoms with Crippen LogP contribution in [0.15, 0.2) is 116 Å². The number of nitrogens with one attached hydrogen (secondary N) is 3. The average molecular weight is 1260 g/mol. The van der Waals surface area contributed by atoms with Crippen LogP contribution in [-0.2, 0) is 14.1 Å². The van der Waals surface area contributed by atoms with Gasteiger partial charge in [-0.3, -0.25) is 24.7 Å². The van der Waals surface area contributed by atoms with Crippen molar-refractivity contribution in [2.24, 2.45) is 14.1 Å². The predicted molar refractivity (Wildman–Crippen MR) is 307 cm³/mol. The number of halogens is 4. The molecule has 25 heteroatoms. The van der Waals surface area contributed by atoms with E-state index in [1.54, 1.807) is 101 Å². The quantitative estimate of drug-likeness (QED) is 0.0929. The summed E-state index contributed by atoms with van der Waals surface area (Å²) < 4.78 is 31.6. The van der Waals surface area contributed by atoms with Crippen LogP contribution in [0.3, 0.4) is 0 Å². The van der Waals surface area contributed by atoms with Gasteiger partial charge in [0.1, 0.15) is 71.6 Å². The number of nitrogens with zero attached hydrogens (tertiary/aromatic N) is 16. The summed E-state index contributed by atoms with van der Waals surface area (Å²) in [6.45, 7) is 27.3. The molecule has 78 heavy (non-hydrogen) atoms. The van der Waals surface area contributed by atoms with Gasteiger partial charge in [0.2, 0.25) is 0 Å². The number of aromatic amines is 3. The van der Waals surface area contributed by atoms with Gasteiger partial charge in [0.25, 0.3) is 23.3 Å². The van der Waals surface area contributed by atoms with E-state index in [2.05, 4.69) is 130 Å². The molecule has 4 N–H and O–H groups in total. The number of pyridine rings is 5. The Morgan fingerprint density at radius 3 is 1.76 bits per heavy atom. The van der Waals surface area contributed by atoms with Gasteiger partial charge < -0.3 is 24.5 Å². The molecule has 380 valence electrons. The largest absolute Gasteiger partial charge is 0.477 e. The van der Waals surface area contributed by atoms with Crippen LogP contribution in [0.4, 0.5) is 32.1 Å². The van der Waals surface area contributed by atoms with Gasteiger partial charge in [-0.1, -0.05) is 62.7 Å². The Labute approximate surface area is 467 Å². The monoisotopic (exact) mass is 1260 g/mol. The van der Waals surface area contributed by atoms with Gasteiger partial charge in [-0.2, -0.15) is 25.5 Å². The average Bonchev–Trinajstić information content (AvgIpc) is 4.31. The van der Waals surface area contributed by atoms with Gasteiger partial charge >= 0.3 is 5.97 Å². The second-order valence-corrected chi connectivity index (χ2v) is 18.0. The maximum Gasteiger partial charge on any atom is 0.354 e. The van der Waals surface area contributed by atoms with E-state index in [-0.39, 0.29) is 17.3 Å². The lowest BCUT2D eigenvalue weighted by atomic mass is 10.1. The van der Waals surface area contributed by atoms with Crippen LogP contribution in [0.25, 0.3) is 98.2 Å². The van der Waals surface area contributed by atoms with Gasteiger partial charge in [-0.25, -0.2) is 18.6 Å². The summed E-state index contributed by atoms with van der Waals surface area (Å²) in [5.41, 5.74) is 6.79. The zero-order valence-corrected chi connectivity index (χ0v) is 44.6. The number of rotatable bonds is 5. The first-order chi connectivity index (χ1) is 37.7. The number of carboxylic acid groups (broad SMARTS) is 1. The van der Waals surface area contributed by atoms with Crippen LogP contribution in [0, 0.1) is 45.3 Å². The summed E-state index contributed by atoms with van der Waals surface area (Å²) in [5.74, 6) is -0.142. The van der Waals surface area contributed by atoms with E-state index < -0.39 is 5.97 Å². The molecule has 10 heterocycles. The Hall–Kier alpha value is -10.2. The molecule has 12 aromatic rings. The Kier molecular flexibility index (Phi) is 17.2. The zero-order valence-electron chi connectivity index (χ0n) is 40.3. The molecule has 0 aliphatic rings. The van der Waals surface area contributed by atoms with Crippen LogP contribution >= 0.6 is 45.2 Å². The van der Waals surface area contributed by atoms with Crippen molar-refractivity contribution in [1.29, 1.82) is 0 Å². The van der Waals surface area contributed by atoms with Crippen molar-refractivity contribution >= 4 is 153 Å². The summed E-state index contributed by atoms with van der Waals surface area (Å²) >= 11 is 4.29. The second kappa shape index (κ2) is 24.9. The summed E-state index contributed by atoms with van der Waals surface area (Å²) in [6.07, 6.45) is 16.6. The van der Waals surface area contributed by atoms with Gasteiger partial charge in [-0.05, 0) is 123 Å². The molecule has 12 rings (SSSR count). The molecule has 0 aliphatic heterocycles. The third kappa shape index (κ3) is 13.2. The molecule has 0 radical (unpaired) electrons. The molecule has 2 aromatic carbocycles. The van der Waals surface area contributed by atoms with Crippen LogP contribution in [0.2, 0.25) is 0 Å². The van der Waals surface area contributed by atoms with Crippen molar-refractivity contribution in [1.82, 2.24) is 75.1 Å². The number of aromatic nitrogens is 15. The van der Waals surface area contributed by atoms with Gasteiger partial charge in [0, 0.05) is 41.0 Å². The van der Waals surface area contributed by atoms with Crippen molar-refractivity contribution in [2.75, 3.05) is 0 Å². The molecule has 0 amide bonds. The Morgan fingerprint density at radius 1 is 0.577 bits per heavy atom. The SMILES string of the molecule is O=C(O)c1cc2c(/C=C/c3cccc(F)c3)n[nH]c2cn1.[C-]#[N+]c1cc2c(/C=C/c3cccc(F)c3)nn(C)c2cn1.[C-]#[N+]c1cc2c(I)[nH]nc2cn1.[C-]#[N+]c1cc2c(I)nn(C)c2cn1.[C-]#[N+]c1cc2cn[nH]c2cn1. The fraction of sp³-hybridized carbons (Fsp3) is 0.0377. The van der Waals surface area contributed by atoms with E-state index in [0.717, 1.165) is 62.3 Å². The Balaban J connectivity index is 0.000000132. The lowest BCUT2D eigenvalue weighted by Crippen LogP contribution is -1.98. The number of carbonyl (C=O) groups is 1. The van der Waals surface area contributed by atoms with Gasteiger partial charge in [0.15, 0.2) is 0 Å².